The zero-order valence-electron chi connectivity index (χ0n) is 15.7. The second kappa shape index (κ2) is 7.82. The van der Waals surface area contributed by atoms with Crippen LogP contribution in [0.1, 0.15) is 27.2 Å². The fourth-order valence-electron chi connectivity index (χ4n) is 2.75. The quantitative estimate of drug-likeness (QED) is 0.583. The smallest absolute Gasteiger partial charge is 0.380 e. The molecule has 0 aliphatic heterocycles. The Morgan fingerprint density at radius 1 is 1.21 bits per heavy atom. The first-order chi connectivity index (χ1) is 13.6. The number of pyridine rings is 1. The summed E-state index contributed by atoms with van der Waals surface area (Å²) >= 11 is 0. The average molecular weight is 404 g/mol. The number of benzene rings is 1. The van der Waals surface area contributed by atoms with Crippen molar-refractivity contribution >= 4 is 23.2 Å². The maximum atomic E-state index is 13.4. The van der Waals surface area contributed by atoms with Gasteiger partial charge < -0.3 is 16.4 Å². The molecule has 0 aliphatic rings. The third-order valence-corrected chi connectivity index (χ3v) is 4.33. The summed E-state index contributed by atoms with van der Waals surface area (Å²) in [6, 6.07) is 9.45. The number of nitrogens with two attached hydrogens (primary N) is 1. The molecule has 0 radical (unpaired) electrons. The summed E-state index contributed by atoms with van der Waals surface area (Å²) in [7, 11) is 1.75. The van der Waals surface area contributed by atoms with Crippen molar-refractivity contribution in [2.75, 3.05) is 10.6 Å². The van der Waals surface area contributed by atoms with Crippen molar-refractivity contribution in [3.8, 4) is 0 Å². The maximum Gasteiger partial charge on any atom is 0.419 e. The van der Waals surface area contributed by atoms with Crippen LogP contribution < -0.4 is 16.4 Å². The van der Waals surface area contributed by atoms with E-state index in [1.807, 2.05) is 6.92 Å². The first-order valence-corrected chi connectivity index (χ1v) is 8.61. The molecule has 0 unspecified atom stereocenters. The molecule has 7 nitrogen and oxygen atoms in total. The Labute approximate surface area is 164 Å². The highest BCUT2D eigenvalue weighted by atomic mass is 19.4. The summed E-state index contributed by atoms with van der Waals surface area (Å²) in [5.74, 6) is 0.00474. The third kappa shape index (κ3) is 4.65. The van der Waals surface area contributed by atoms with E-state index >= 15 is 0 Å². The molecule has 152 valence electrons. The molecular formula is C19H19F3N6O. The summed E-state index contributed by atoms with van der Waals surface area (Å²) < 4.78 is 41.9. The Morgan fingerprint density at radius 2 is 1.93 bits per heavy atom. The van der Waals surface area contributed by atoms with Gasteiger partial charge in [-0.25, -0.2) is 4.98 Å². The van der Waals surface area contributed by atoms with Gasteiger partial charge in [0.25, 0.3) is 0 Å². The average Bonchev–Trinajstić information content (AvgIpc) is 2.96. The Kier molecular flexibility index (Phi) is 5.44. The molecule has 0 spiro atoms. The molecule has 0 aliphatic carbocycles. The van der Waals surface area contributed by atoms with Gasteiger partial charge in [0.1, 0.15) is 5.82 Å². The zero-order valence-corrected chi connectivity index (χ0v) is 15.7. The molecule has 0 fully saturated rings. The normalized spacial score (nSPS) is 11.3. The Hall–Kier alpha value is -3.56. The largest absolute Gasteiger partial charge is 0.419 e. The minimum absolute atomic E-state index is 0.0195. The van der Waals surface area contributed by atoms with Gasteiger partial charge in [-0.3, -0.25) is 9.48 Å². The summed E-state index contributed by atoms with van der Waals surface area (Å²) in [4.78, 5) is 15.4. The minimum atomic E-state index is -4.60. The number of rotatable bonds is 6. The van der Waals surface area contributed by atoms with Gasteiger partial charge in [-0.2, -0.15) is 18.3 Å². The lowest BCUT2D eigenvalue weighted by molar-refractivity contribution is -0.137. The van der Waals surface area contributed by atoms with Gasteiger partial charge in [-0.05, 0) is 18.6 Å². The topological polar surface area (TPSA) is 97.9 Å². The lowest BCUT2D eigenvalue weighted by Crippen LogP contribution is -2.16. The van der Waals surface area contributed by atoms with E-state index in [1.54, 1.807) is 36.0 Å². The second-order valence-corrected chi connectivity index (χ2v) is 6.41. The monoisotopic (exact) mass is 404 g/mol. The SMILES string of the molecule is Cc1cc(Nc2cc(NCc3ccccc3C(N)=O)c(C(F)(F)F)cn2)nn1C. The van der Waals surface area contributed by atoms with Crippen molar-refractivity contribution in [1.82, 2.24) is 14.8 Å². The van der Waals surface area contributed by atoms with Crippen LogP contribution in [0.5, 0.6) is 0 Å². The summed E-state index contributed by atoms with van der Waals surface area (Å²) in [6.45, 7) is 1.83. The number of hydrogen-bond donors (Lipinski definition) is 3. The molecule has 1 aromatic carbocycles. The summed E-state index contributed by atoms with van der Waals surface area (Å²) in [5, 5.41) is 9.83. The lowest BCUT2D eigenvalue weighted by atomic mass is 10.1. The van der Waals surface area contributed by atoms with Crippen LogP contribution in [-0.2, 0) is 19.8 Å². The molecule has 0 atom stereocenters. The van der Waals surface area contributed by atoms with Crippen molar-refractivity contribution in [2.45, 2.75) is 19.6 Å². The number of halogens is 3. The van der Waals surface area contributed by atoms with Gasteiger partial charge in [0.05, 0.1) is 11.3 Å². The van der Waals surface area contributed by atoms with Gasteiger partial charge >= 0.3 is 6.18 Å². The number of anilines is 3. The van der Waals surface area contributed by atoms with E-state index in [0.717, 1.165) is 11.9 Å². The van der Waals surface area contributed by atoms with Crippen LogP contribution in [0.3, 0.4) is 0 Å². The predicted octanol–water partition coefficient (Wildman–Crippen LogP) is 3.60. The highest BCUT2D eigenvalue weighted by Gasteiger charge is 2.34. The van der Waals surface area contributed by atoms with Crippen LogP contribution in [0, 0.1) is 6.92 Å². The molecule has 2 heterocycles. The minimum Gasteiger partial charge on any atom is -0.380 e. The molecule has 29 heavy (non-hydrogen) atoms. The van der Waals surface area contributed by atoms with Crippen molar-refractivity contribution in [3.05, 3.63) is 65.0 Å². The van der Waals surface area contributed by atoms with Gasteiger partial charge in [-0.1, -0.05) is 18.2 Å². The van der Waals surface area contributed by atoms with E-state index in [0.29, 0.717) is 11.4 Å². The van der Waals surface area contributed by atoms with E-state index in [2.05, 4.69) is 20.7 Å². The van der Waals surface area contributed by atoms with Crippen molar-refractivity contribution in [2.24, 2.45) is 12.8 Å². The molecule has 10 heteroatoms. The second-order valence-electron chi connectivity index (χ2n) is 6.41. The number of alkyl halides is 3. The van der Waals surface area contributed by atoms with Gasteiger partial charge in [0.2, 0.25) is 5.91 Å². The molecule has 3 rings (SSSR count). The molecule has 0 bridgehead atoms. The Bertz CT molecular complexity index is 1030. The highest BCUT2D eigenvalue weighted by molar-refractivity contribution is 5.94. The fourth-order valence-corrected chi connectivity index (χ4v) is 2.75. The van der Waals surface area contributed by atoms with Gasteiger partial charge in [0.15, 0.2) is 5.82 Å². The number of nitrogens with zero attached hydrogens (tertiary/aromatic N) is 3. The van der Waals surface area contributed by atoms with Crippen molar-refractivity contribution in [3.63, 3.8) is 0 Å². The number of amides is 1. The van der Waals surface area contributed by atoms with E-state index < -0.39 is 17.6 Å². The lowest BCUT2D eigenvalue weighted by Gasteiger charge is -2.16. The van der Waals surface area contributed by atoms with Crippen LogP contribution in [0.2, 0.25) is 0 Å². The Balaban J connectivity index is 1.89. The molecule has 2 aromatic heterocycles. The van der Waals surface area contributed by atoms with Crippen LogP contribution in [0.15, 0.2) is 42.6 Å². The number of carbonyl (C=O) groups is 1. The zero-order chi connectivity index (χ0) is 21.2. The van der Waals surface area contributed by atoms with E-state index in [4.69, 9.17) is 5.73 Å². The number of nitrogens with one attached hydrogen (secondary N) is 2. The molecule has 3 aromatic rings. The molecular weight excluding hydrogens is 385 g/mol. The van der Waals surface area contributed by atoms with Crippen molar-refractivity contribution < 1.29 is 18.0 Å². The van der Waals surface area contributed by atoms with Crippen LogP contribution >= 0.6 is 0 Å². The standard InChI is InChI=1S/C19H19F3N6O/c1-11-7-17(27-28(11)2)26-16-8-15(14(10-25-16)19(20,21)22)24-9-12-5-3-4-6-13(12)18(23)29/h3-8,10H,9H2,1-2H3,(H2,23,29)(H2,24,25,26,27). The highest BCUT2D eigenvalue weighted by Crippen LogP contribution is 2.36. The van der Waals surface area contributed by atoms with E-state index in [9.17, 15) is 18.0 Å². The van der Waals surface area contributed by atoms with Crippen molar-refractivity contribution in [1.29, 1.82) is 0 Å². The first-order valence-electron chi connectivity index (χ1n) is 8.61. The molecule has 1 amide bonds. The van der Waals surface area contributed by atoms with Crippen LogP contribution in [-0.4, -0.2) is 20.7 Å². The number of primary amides is 1. The van der Waals surface area contributed by atoms with Crippen LogP contribution in [0.25, 0.3) is 0 Å². The molecule has 4 N–H and O–H groups in total. The van der Waals surface area contributed by atoms with Gasteiger partial charge in [-0.15, -0.1) is 0 Å². The predicted molar refractivity (Wildman–Crippen MR) is 103 cm³/mol. The molecule has 0 saturated carbocycles. The summed E-state index contributed by atoms with van der Waals surface area (Å²) in [6.07, 6.45) is -3.85. The van der Waals surface area contributed by atoms with Crippen LogP contribution in [0.4, 0.5) is 30.5 Å². The van der Waals surface area contributed by atoms with E-state index in [1.165, 1.54) is 12.1 Å². The third-order valence-electron chi connectivity index (χ3n) is 4.33. The molecule has 0 saturated heterocycles. The number of aromatic nitrogens is 3. The summed E-state index contributed by atoms with van der Waals surface area (Å²) in [5.41, 5.74) is 5.84. The van der Waals surface area contributed by atoms with E-state index in [-0.39, 0.29) is 23.6 Å². The number of aryl methyl sites for hydroxylation is 2. The fraction of sp³-hybridized carbons (Fsp3) is 0.211. The van der Waals surface area contributed by atoms with Gasteiger partial charge in [0, 0.05) is 43.2 Å². The Morgan fingerprint density at radius 3 is 2.55 bits per heavy atom. The first kappa shape index (κ1) is 20.2. The number of hydrogen-bond acceptors (Lipinski definition) is 5. The maximum absolute atomic E-state index is 13.4. The number of carbonyl (C=O) groups excluding carboxylic acids is 1.